The highest BCUT2D eigenvalue weighted by Crippen LogP contribution is 2.28. The molecular weight excluding hydrogens is 294 g/mol. The Hall–Kier alpha value is -1.80. The number of nitrogens with zero attached hydrogens (tertiary/aromatic N) is 2. The summed E-state index contributed by atoms with van der Waals surface area (Å²) in [6, 6.07) is -4.30. The smallest absolute Gasteiger partial charge is 0.407 e. The van der Waals surface area contributed by atoms with Gasteiger partial charge in [-0.1, -0.05) is 0 Å². The number of halogens is 4. The third-order valence-corrected chi connectivity index (χ3v) is 2.29. The van der Waals surface area contributed by atoms with E-state index in [9.17, 15) is 22.4 Å². The highest BCUT2D eigenvalue weighted by molar-refractivity contribution is 5.67. The molecule has 0 unspecified atom stereocenters. The molecule has 0 radical (unpaired) electrons. The predicted octanol–water partition coefficient (Wildman–Crippen LogP) is 2.76. The summed E-state index contributed by atoms with van der Waals surface area (Å²) in [7, 11) is 0. The van der Waals surface area contributed by atoms with Crippen molar-refractivity contribution in [1.82, 2.24) is 14.9 Å². The molecule has 0 fully saturated rings. The summed E-state index contributed by atoms with van der Waals surface area (Å²) in [5.74, 6) is 0. The maximum Gasteiger partial charge on any atom is 0.407 e. The molecule has 0 saturated carbocycles. The first-order valence-electron chi connectivity index (χ1n) is 6.18. The third kappa shape index (κ3) is 5.24. The van der Waals surface area contributed by atoms with E-state index in [0.717, 1.165) is 6.20 Å². The molecule has 0 aromatic carbocycles. The Balaban J connectivity index is 2.48. The molecule has 0 aliphatic heterocycles. The van der Waals surface area contributed by atoms with Gasteiger partial charge in [0.05, 0.1) is 12.0 Å². The van der Waals surface area contributed by atoms with E-state index >= 15 is 0 Å². The minimum Gasteiger partial charge on any atom is -0.444 e. The Kier molecular flexibility index (Phi) is 5.19. The van der Waals surface area contributed by atoms with Gasteiger partial charge < -0.3 is 10.1 Å². The van der Waals surface area contributed by atoms with Crippen molar-refractivity contribution in [3.05, 3.63) is 18.2 Å². The monoisotopic (exact) mass is 311 g/mol. The summed E-state index contributed by atoms with van der Waals surface area (Å²) >= 11 is 0. The van der Waals surface area contributed by atoms with E-state index in [-0.39, 0.29) is 23.2 Å². The minimum atomic E-state index is -4.30. The molecule has 120 valence electrons. The summed E-state index contributed by atoms with van der Waals surface area (Å²) in [4.78, 5) is 14.9. The van der Waals surface area contributed by atoms with Crippen LogP contribution in [0.15, 0.2) is 12.5 Å². The zero-order chi connectivity index (χ0) is 16.3. The molecule has 1 rings (SSSR count). The minimum absolute atomic E-state index is 0.0560. The number of imidazole rings is 1. The van der Waals surface area contributed by atoms with E-state index in [0.29, 0.717) is 6.33 Å². The lowest BCUT2D eigenvalue weighted by atomic mass is 10.2. The maximum absolute atomic E-state index is 13.0. The van der Waals surface area contributed by atoms with Gasteiger partial charge in [-0.15, -0.1) is 0 Å². The molecule has 0 spiro atoms. The van der Waals surface area contributed by atoms with E-state index < -0.39 is 24.2 Å². The molecule has 5 nitrogen and oxygen atoms in total. The van der Waals surface area contributed by atoms with Crippen molar-refractivity contribution in [1.29, 1.82) is 0 Å². The van der Waals surface area contributed by atoms with Crippen molar-refractivity contribution in [3.8, 4) is 0 Å². The van der Waals surface area contributed by atoms with Gasteiger partial charge in [-0.3, -0.25) is 4.57 Å². The molecule has 1 N–H and O–H groups in total. The van der Waals surface area contributed by atoms with Crippen molar-refractivity contribution in [2.24, 2.45) is 0 Å². The standard InChI is InChI=1S/C12H17F4N3O2/c1-11(2,3)21-10(20)17-5-4-8-6-19(7-18-8)12(15,16)9(13)14/h6-7,9H,4-5H2,1-3H3,(H,17,20). The number of carbonyl (C=O) groups is 1. The largest absolute Gasteiger partial charge is 0.444 e. The fourth-order valence-electron chi connectivity index (χ4n) is 1.38. The van der Waals surface area contributed by atoms with Gasteiger partial charge in [-0.05, 0) is 20.8 Å². The van der Waals surface area contributed by atoms with E-state index in [1.54, 1.807) is 20.8 Å². The number of aromatic nitrogens is 2. The molecule has 21 heavy (non-hydrogen) atoms. The van der Waals surface area contributed by atoms with Crippen LogP contribution in [0.25, 0.3) is 0 Å². The Morgan fingerprint density at radius 3 is 2.57 bits per heavy atom. The molecule has 1 heterocycles. The molecular formula is C12H17F4N3O2. The lowest BCUT2D eigenvalue weighted by Gasteiger charge is -2.19. The van der Waals surface area contributed by atoms with Gasteiger partial charge in [0.25, 0.3) is 0 Å². The van der Waals surface area contributed by atoms with Crippen LogP contribution in [-0.4, -0.2) is 34.2 Å². The van der Waals surface area contributed by atoms with Crippen molar-refractivity contribution >= 4 is 6.09 Å². The van der Waals surface area contributed by atoms with E-state index in [4.69, 9.17) is 4.74 Å². The summed E-state index contributed by atoms with van der Waals surface area (Å²) in [5.41, 5.74) is -0.489. The number of carbonyl (C=O) groups excluding carboxylic acids is 1. The number of rotatable bonds is 5. The molecule has 9 heteroatoms. The van der Waals surface area contributed by atoms with Crippen LogP contribution in [0, 0.1) is 0 Å². The molecule has 1 aromatic rings. The van der Waals surface area contributed by atoms with Crippen LogP contribution in [0.2, 0.25) is 0 Å². The van der Waals surface area contributed by atoms with Crippen molar-refractivity contribution in [2.75, 3.05) is 6.54 Å². The lowest BCUT2D eigenvalue weighted by molar-refractivity contribution is -0.189. The van der Waals surface area contributed by atoms with E-state index in [1.807, 2.05) is 0 Å². The number of hydrogen-bond donors (Lipinski definition) is 1. The van der Waals surface area contributed by atoms with Gasteiger partial charge in [-0.25, -0.2) is 18.6 Å². The summed E-state index contributed by atoms with van der Waals surface area (Å²) in [6.45, 7) is 5.17. The zero-order valence-corrected chi connectivity index (χ0v) is 11.9. The molecule has 1 aromatic heterocycles. The molecule has 0 bridgehead atoms. The van der Waals surface area contributed by atoms with Crippen LogP contribution in [-0.2, 0) is 17.2 Å². The molecule has 0 aliphatic carbocycles. The molecule has 0 atom stereocenters. The predicted molar refractivity (Wildman–Crippen MR) is 66.4 cm³/mol. The van der Waals surface area contributed by atoms with Gasteiger partial charge in [0, 0.05) is 19.2 Å². The number of alkyl halides is 4. The van der Waals surface area contributed by atoms with Crippen LogP contribution in [0.4, 0.5) is 22.4 Å². The van der Waals surface area contributed by atoms with Crippen LogP contribution < -0.4 is 5.32 Å². The second-order valence-electron chi connectivity index (χ2n) is 5.34. The SMILES string of the molecule is CC(C)(C)OC(=O)NCCc1cn(C(F)(F)C(F)F)cn1. The molecule has 0 saturated heterocycles. The average molecular weight is 311 g/mol. The van der Waals surface area contributed by atoms with Crippen molar-refractivity contribution in [3.63, 3.8) is 0 Å². The van der Waals surface area contributed by atoms with Gasteiger partial charge in [0.1, 0.15) is 5.60 Å². The van der Waals surface area contributed by atoms with Crippen LogP contribution in [0.3, 0.4) is 0 Å². The third-order valence-electron chi connectivity index (χ3n) is 2.29. The Bertz CT molecular complexity index is 483. The van der Waals surface area contributed by atoms with Gasteiger partial charge >= 0.3 is 18.6 Å². The van der Waals surface area contributed by atoms with E-state index in [1.165, 1.54) is 0 Å². The zero-order valence-electron chi connectivity index (χ0n) is 11.9. The summed E-state index contributed by atoms with van der Waals surface area (Å²) in [5, 5.41) is 2.41. The van der Waals surface area contributed by atoms with Gasteiger partial charge in [0.15, 0.2) is 0 Å². The highest BCUT2D eigenvalue weighted by Gasteiger charge is 2.42. The summed E-state index contributed by atoms with van der Waals surface area (Å²) in [6.07, 6.45) is -2.90. The number of amides is 1. The van der Waals surface area contributed by atoms with Crippen LogP contribution >= 0.6 is 0 Å². The Labute approximate surface area is 119 Å². The number of alkyl carbamates (subject to hydrolysis) is 1. The number of nitrogens with one attached hydrogen (secondary N) is 1. The second kappa shape index (κ2) is 6.31. The normalized spacial score (nSPS) is 12.6. The highest BCUT2D eigenvalue weighted by atomic mass is 19.3. The second-order valence-corrected chi connectivity index (χ2v) is 5.34. The number of ether oxygens (including phenoxy) is 1. The van der Waals surface area contributed by atoms with Gasteiger partial charge in [-0.2, -0.15) is 8.78 Å². The summed E-state index contributed by atoms with van der Waals surface area (Å²) < 4.78 is 55.4. The molecule has 1 amide bonds. The number of hydrogen-bond acceptors (Lipinski definition) is 3. The molecule has 0 aliphatic rings. The van der Waals surface area contributed by atoms with Crippen LogP contribution in [0.1, 0.15) is 26.5 Å². The Morgan fingerprint density at radius 2 is 2.05 bits per heavy atom. The topological polar surface area (TPSA) is 56.1 Å². The van der Waals surface area contributed by atoms with Crippen molar-refractivity contribution in [2.45, 2.75) is 45.3 Å². The first-order valence-corrected chi connectivity index (χ1v) is 6.18. The fourth-order valence-corrected chi connectivity index (χ4v) is 1.38. The van der Waals surface area contributed by atoms with Gasteiger partial charge in [0.2, 0.25) is 0 Å². The van der Waals surface area contributed by atoms with Crippen molar-refractivity contribution < 1.29 is 27.1 Å². The Morgan fingerprint density at radius 1 is 1.43 bits per heavy atom. The maximum atomic E-state index is 13.0. The lowest BCUT2D eigenvalue weighted by Crippen LogP contribution is -2.33. The average Bonchev–Trinajstić information content (AvgIpc) is 2.75. The van der Waals surface area contributed by atoms with E-state index in [2.05, 4.69) is 10.3 Å². The quantitative estimate of drug-likeness (QED) is 0.851. The first-order chi connectivity index (χ1) is 9.52. The fraction of sp³-hybridized carbons (Fsp3) is 0.667. The van der Waals surface area contributed by atoms with Crippen LogP contribution in [0.5, 0.6) is 0 Å². The first kappa shape index (κ1) is 17.3.